The lowest BCUT2D eigenvalue weighted by Crippen LogP contribution is -2.28. The van der Waals surface area contributed by atoms with Gasteiger partial charge in [-0.05, 0) is 75.7 Å². The normalized spacial score (nSPS) is 44.5. The van der Waals surface area contributed by atoms with Crippen LogP contribution in [0.15, 0.2) is 24.3 Å². The Balaban J connectivity index is 1.71. The molecule has 1 saturated heterocycles. The van der Waals surface area contributed by atoms with Crippen LogP contribution in [0.4, 0.5) is 0 Å². The zero-order chi connectivity index (χ0) is 17.0. The van der Waals surface area contributed by atoms with E-state index in [-0.39, 0.29) is 5.60 Å². The molecule has 0 radical (unpaired) electrons. The quantitative estimate of drug-likeness (QED) is 0.614. The molecule has 2 saturated carbocycles. The summed E-state index contributed by atoms with van der Waals surface area (Å²) in [6.45, 7) is 12.3. The average molecular weight is 320 g/mol. The van der Waals surface area contributed by atoms with Gasteiger partial charge in [0.1, 0.15) is 0 Å². The second kappa shape index (κ2) is 5.44. The van der Waals surface area contributed by atoms with Crippen LogP contribution in [0.25, 0.3) is 0 Å². The molecule has 3 heteroatoms. The molecule has 0 aromatic heterocycles. The highest BCUT2D eigenvalue weighted by molar-refractivity contribution is 5.21. The van der Waals surface area contributed by atoms with Crippen molar-refractivity contribution in [1.29, 1.82) is 0 Å². The molecule has 2 aliphatic carbocycles. The topological polar surface area (TPSA) is 53.0 Å². The van der Waals surface area contributed by atoms with E-state index in [1.165, 1.54) is 6.42 Å². The molecule has 3 aliphatic rings. The van der Waals surface area contributed by atoms with Gasteiger partial charge >= 0.3 is 0 Å². The molecule has 0 spiro atoms. The zero-order valence-corrected chi connectivity index (χ0v) is 15.0. The molecule has 2 N–H and O–H groups in total. The van der Waals surface area contributed by atoms with E-state index in [1.807, 2.05) is 0 Å². The summed E-state index contributed by atoms with van der Waals surface area (Å²) in [6, 6.07) is 0. The Morgan fingerprint density at radius 2 is 2.00 bits per heavy atom. The summed E-state index contributed by atoms with van der Waals surface area (Å²) in [5, 5.41) is 20.3. The molecule has 0 aromatic carbocycles. The summed E-state index contributed by atoms with van der Waals surface area (Å²) in [5.74, 6) is 0.968. The van der Waals surface area contributed by atoms with Crippen molar-refractivity contribution in [3.05, 3.63) is 24.3 Å². The minimum Gasteiger partial charge on any atom is -0.386 e. The molecule has 23 heavy (non-hydrogen) atoms. The van der Waals surface area contributed by atoms with Crippen molar-refractivity contribution in [3.8, 4) is 0 Å². The van der Waals surface area contributed by atoms with Crippen LogP contribution in [-0.2, 0) is 4.74 Å². The van der Waals surface area contributed by atoms with Gasteiger partial charge in [-0.25, -0.2) is 0 Å². The van der Waals surface area contributed by atoms with Gasteiger partial charge in [0.25, 0.3) is 0 Å². The summed E-state index contributed by atoms with van der Waals surface area (Å²) in [5.41, 5.74) is 0.437. The molecule has 130 valence electrons. The molecule has 6 atom stereocenters. The fraction of sp³-hybridized carbons (Fsp3) is 0.800. The van der Waals surface area contributed by atoms with Gasteiger partial charge in [-0.15, -0.1) is 0 Å². The Morgan fingerprint density at radius 1 is 1.30 bits per heavy atom. The smallest absolute Gasteiger partial charge is 0.0933 e. The first-order valence-electron chi connectivity index (χ1n) is 9.00. The minimum atomic E-state index is -0.902. The highest BCUT2D eigenvalue weighted by Crippen LogP contribution is 2.61. The summed E-state index contributed by atoms with van der Waals surface area (Å²) in [6.07, 6.45) is 8.85. The van der Waals surface area contributed by atoms with E-state index in [2.05, 4.69) is 20.4 Å². The van der Waals surface area contributed by atoms with Gasteiger partial charge in [0, 0.05) is 0 Å². The Morgan fingerprint density at radius 3 is 2.65 bits per heavy atom. The summed E-state index contributed by atoms with van der Waals surface area (Å²) in [4.78, 5) is 0. The lowest BCUT2D eigenvalue weighted by molar-refractivity contribution is 0.127. The van der Waals surface area contributed by atoms with Crippen molar-refractivity contribution in [2.24, 2.45) is 17.3 Å². The lowest BCUT2D eigenvalue weighted by Gasteiger charge is -2.34. The summed E-state index contributed by atoms with van der Waals surface area (Å²) in [7, 11) is 0. The molecule has 1 heterocycles. The van der Waals surface area contributed by atoms with E-state index in [9.17, 15) is 10.2 Å². The zero-order valence-electron chi connectivity index (χ0n) is 15.0. The molecule has 3 fully saturated rings. The number of epoxide rings is 1. The first kappa shape index (κ1) is 17.2. The Labute approximate surface area is 140 Å². The van der Waals surface area contributed by atoms with E-state index in [0.29, 0.717) is 23.4 Å². The number of rotatable bonds is 4. The van der Waals surface area contributed by atoms with Crippen molar-refractivity contribution in [1.82, 2.24) is 0 Å². The third kappa shape index (κ3) is 3.29. The second-order valence-corrected chi connectivity index (χ2v) is 9.10. The molecule has 0 bridgehead atoms. The predicted molar refractivity (Wildman–Crippen MR) is 92.0 cm³/mol. The fourth-order valence-corrected chi connectivity index (χ4v) is 4.91. The molecule has 1 aliphatic heterocycles. The van der Waals surface area contributed by atoms with Crippen molar-refractivity contribution in [2.45, 2.75) is 83.2 Å². The standard InChI is InChI=1S/C20H32O3/c1-13(16(21)8-9-18(2,3)22)14-6-10-19(4)12-17-20(5,23-17)11-7-15(14)19/h8-9,14-17,21-22H,1,6-7,10-12H2,2-5H3/b9-8+/t14-,15-,16?,17+,19+,20-/m1/s1. The van der Waals surface area contributed by atoms with E-state index in [4.69, 9.17) is 4.74 Å². The first-order chi connectivity index (χ1) is 10.5. The van der Waals surface area contributed by atoms with Crippen LogP contribution in [0.2, 0.25) is 0 Å². The van der Waals surface area contributed by atoms with Crippen molar-refractivity contribution in [3.63, 3.8) is 0 Å². The van der Waals surface area contributed by atoms with E-state index in [1.54, 1.807) is 26.0 Å². The maximum Gasteiger partial charge on any atom is 0.0933 e. The lowest BCUT2D eigenvalue weighted by atomic mass is 9.71. The van der Waals surface area contributed by atoms with Gasteiger partial charge in [0.05, 0.1) is 23.4 Å². The van der Waals surface area contributed by atoms with Crippen molar-refractivity contribution in [2.75, 3.05) is 0 Å². The average Bonchev–Trinajstić information content (AvgIpc) is 2.96. The first-order valence-corrected chi connectivity index (χ1v) is 9.00. The van der Waals surface area contributed by atoms with Crippen LogP contribution < -0.4 is 0 Å². The highest BCUT2D eigenvalue weighted by atomic mass is 16.6. The highest BCUT2D eigenvalue weighted by Gasteiger charge is 2.60. The largest absolute Gasteiger partial charge is 0.386 e. The van der Waals surface area contributed by atoms with Crippen LogP contribution in [0, 0.1) is 17.3 Å². The second-order valence-electron chi connectivity index (χ2n) is 9.10. The number of aliphatic hydroxyl groups excluding tert-OH is 1. The summed E-state index contributed by atoms with van der Waals surface area (Å²) < 4.78 is 5.93. The molecule has 1 unspecified atom stereocenters. The van der Waals surface area contributed by atoms with Crippen LogP contribution in [0.1, 0.15) is 59.8 Å². The number of hydrogen-bond acceptors (Lipinski definition) is 3. The molecule has 0 aromatic rings. The summed E-state index contributed by atoms with van der Waals surface area (Å²) >= 11 is 0. The van der Waals surface area contributed by atoms with Gasteiger partial charge in [-0.2, -0.15) is 0 Å². The molecular weight excluding hydrogens is 288 g/mol. The van der Waals surface area contributed by atoms with Gasteiger partial charge in [-0.3, -0.25) is 0 Å². The Bertz CT molecular complexity index is 517. The Hall–Kier alpha value is -0.640. The van der Waals surface area contributed by atoms with Crippen molar-refractivity contribution >= 4 is 0 Å². The minimum absolute atomic E-state index is 0.110. The van der Waals surface area contributed by atoms with Crippen molar-refractivity contribution < 1.29 is 14.9 Å². The maximum absolute atomic E-state index is 10.5. The molecule has 3 rings (SSSR count). The van der Waals surface area contributed by atoms with Gasteiger partial charge in [0.2, 0.25) is 0 Å². The van der Waals surface area contributed by atoms with Gasteiger partial charge < -0.3 is 14.9 Å². The predicted octanol–water partition coefficient (Wildman–Crippen LogP) is 3.60. The third-order valence-corrected chi connectivity index (χ3v) is 6.59. The molecular formula is C20H32O3. The number of aliphatic hydroxyl groups is 2. The third-order valence-electron chi connectivity index (χ3n) is 6.59. The number of hydrogen-bond donors (Lipinski definition) is 2. The van der Waals surface area contributed by atoms with Gasteiger partial charge in [0.15, 0.2) is 0 Å². The fourth-order valence-electron chi connectivity index (χ4n) is 4.91. The van der Waals surface area contributed by atoms with E-state index < -0.39 is 11.7 Å². The monoisotopic (exact) mass is 320 g/mol. The van der Waals surface area contributed by atoms with E-state index >= 15 is 0 Å². The SMILES string of the molecule is C=C(C(O)/C=C/C(C)(C)O)[C@H]1CC[C@@]2(C)C[C@@H]3O[C@]3(C)CC[C@H]12. The number of fused-ring (bicyclic) bond motifs is 2. The van der Waals surface area contributed by atoms with E-state index in [0.717, 1.165) is 31.3 Å². The Kier molecular flexibility index (Phi) is 4.06. The van der Waals surface area contributed by atoms with Crippen LogP contribution in [0.5, 0.6) is 0 Å². The van der Waals surface area contributed by atoms with Crippen LogP contribution in [-0.4, -0.2) is 33.6 Å². The molecule has 3 nitrogen and oxygen atoms in total. The van der Waals surface area contributed by atoms with Crippen LogP contribution >= 0.6 is 0 Å². The molecule has 0 amide bonds. The number of ether oxygens (including phenoxy) is 1. The maximum atomic E-state index is 10.5. The van der Waals surface area contributed by atoms with Gasteiger partial charge in [-0.1, -0.05) is 25.7 Å². The van der Waals surface area contributed by atoms with Crippen LogP contribution in [0.3, 0.4) is 0 Å².